The van der Waals surface area contributed by atoms with Crippen molar-refractivity contribution in [3.8, 4) is 22.9 Å². The second-order valence-corrected chi connectivity index (χ2v) is 7.26. The second-order valence-electron chi connectivity index (χ2n) is 7.26. The Morgan fingerprint density at radius 1 is 0.966 bits per heavy atom. The van der Waals surface area contributed by atoms with Gasteiger partial charge in [-0.1, -0.05) is 30.3 Å². The molecular formula is C24H27NO4. The zero-order chi connectivity index (χ0) is 20.4. The van der Waals surface area contributed by atoms with E-state index in [-0.39, 0.29) is 5.41 Å². The van der Waals surface area contributed by atoms with E-state index in [4.69, 9.17) is 24.2 Å². The Hall–Kier alpha value is -2.65. The van der Waals surface area contributed by atoms with Gasteiger partial charge in [-0.05, 0) is 35.4 Å². The Morgan fingerprint density at radius 2 is 1.62 bits per heavy atom. The predicted octanol–water partition coefficient (Wildman–Crippen LogP) is 4.23. The monoisotopic (exact) mass is 393 g/mol. The first-order valence-electron chi connectivity index (χ1n) is 9.82. The van der Waals surface area contributed by atoms with Crippen LogP contribution in [0.15, 0.2) is 61.2 Å². The maximum Gasteiger partial charge on any atom is 0.119 e. The molecule has 0 unspecified atom stereocenters. The summed E-state index contributed by atoms with van der Waals surface area (Å²) in [6, 6.07) is 17.7. The van der Waals surface area contributed by atoms with Gasteiger partial charge in [-0.2, -0.15) is 5.26 Å². The number of benzene rings is 2. The van der Waals surface area contributed by atoms with Crippen LogP contribution in [-0.4, -0.2) is 46.2 Å². The second kappa shape index (κ2) is 10.8. The topological polar surface area (TPSA) is 60.7 Å². The molecule has 152 valence electrons. The quantitative estimate of drug-likeness (QED) is 0.399. The van der Waals surface area contributed by atoms with E-state index in [0.717, 1.165) is 23.3 Å². The van der Waals surface area contributed by atoms with Crippen molar-refractivity contribution in [2.75, 3.05) is 46.2 Å². The highest BCUT2D eigenvalue weighted by atomic mass is 16.5. The smallest absolute Gasteiger partial charge is 0.119 e. The Balaban J connectivity index is 1.34. The fraction of sp³-hybridized carbons (Fsp3) is 0.375. The fourth-order valence-corrected chi connectivity index (χ4v) is 3.08. The first kappa shape index (κ1) is 21.1. The highest BCUT2D eigenvalue weighted by Gasteiger charge is 2.39. The van der Waals surface area contributed by atoms with Gasteiger partial charge in [0.1, 0.15) is 5.75 Å². The van der Waals surface area contributed by atoms with Crippen LogP contribution in [0.3, 0.4) is 0 Å². The van der Waals surface area contributed by atoms with E-state index >= 15 is 0 Å². The van der Waals surface area contributed by atoms with Crippen LogP contribution < -0.4 is 4.74 Å². The number of rotatable bonds is 12. The average molecular weight is 393 g/mol. The molecule has 0 radical (unpaired) electrons. The van der Waals surface area contributed by atoms with Gasteiger partial charge < -0.3 is 18.9 Å². The maximum atomic E-state index is 8.88. The highest BCUT2D eigenvalue weighted by Crippen LogP contribution is 2.28. The third-order valence-corrected chi connectivity index (χ3v) is 4.77. The summed E-state index contributed by atoms with van der Waals surface area (Å²) in [5, 5.41) is 8.88. The minimum Gasteiger partial charge on any atom is -0.494 e. The summed E-state index contributed by atoms with van der Waals surface area (Å²) < 4.78 is 22.5. The molecule has 0 amide bonds. The minimum atomic E-state index is -0.00879. The molecule has 3 rings (SSSR count). The van der Waals surface area contributed by atoms with Crippen molar-refractivity contribution < 1.29 is 18.9 Å². The van der Waals surface area contributed by atoms with Crippen LogP contribution in [0.2, 0.25) is 0 Å². The molecule has 1 heterocycles. The van der Waals surface area contributed by atoms with Crippen molar-refractivity contribution in [2.45, 2.75) is 6.42 Å². The summed E-state index contributed by atoms with van der Waals surface area (Å²) in [5.74, 6) is 0.837. The van der Waals surface area contributed by atoms with E-state index in [1.54, 1.807) is 6.08 Å². The molecule has 0 saturated carbocycles. The number of ether oxygens (including phenoxy) is 4. The van der Waals surface area contributed by atoms with Gasteiger partial charge in [-0.25, -0.2) is 0 Å². The van der Waals surface area contributed by atoms with E-state index in [1.165, 1.54) is 0 Å². The molecule has 0 bridgehead atoms. The highest BCUT2D eigenvalue weighted by molar-refractivity contribution is 5.64. The van der Waals surface area contributed by atoms with Gasteiger partial charge >= 0.3 is 0 Å². The van der Waals surface area contributed by atoms with E-state index in [2.05, 4.69) is 12.6 Å². The number of nitrogens with zero attached hydrogens (tertiary/aromatic N) is 1. The lowest BCUT2D eigenvalue weighted by molar-refractivity contribution is -0.176. The summed E-state index contributed by atoms with van der Waals surface area (Å²) in [6.45, 7) is 8.12. The molecule has 0 atom stereocenters. The van der Waals surface area contributed by atoms with Crippen molar-refractivity contribution in [3.63, 3.8) is 0 Å². The molecule has 1 fully saturated rings. The molecular weight excluding hydrogens is 366 g/mol. The predicted molar refractivity (Wildman–Crippen MR) is 112 cm³/mol. The van der Waals surface area contributed by atoms with Gasteiger partial charge in [0.2, 0.25) is 0 Å². The van der Waals surface area contributed by atoms with E-state index in [0.29, 0.717) is 51.8 Å². The number of hydrogen-bond acceptors (Lipinski definition) is 5. The SMILES string of the molecule is C=CCOCC1(COCCCOc2ccc(-c3ccc(C#N)cc3)cc2)COC1. The molecule has 5 nitrogen and oxygen atoms in total. The number of hydrogen-bond donors (Lipinski definition) is 0. The Kier molecular flexibility index (Phi) is 7.83. The van der Waals surface area contributed by atoms with Gasteiger partial charge in [0.25, 0.3) is 0 Å². The van der Waals surface area contributed by atoms with Crippen LogP contribution in [-0.2, 0) is 14.2 Å². The van der Waals surface area contributed by atoms with Crippen molar-refractivity contribution in [2.24, 2.45) is 5.41 Å². The summed E-state index contributed by atoms with van der Waals surface area (Å²) in [4.78, 5) is 0. The van der Waals surface area contributed by atoms with Gasteiger partial charge in [-0.3, -0.25) is 0 Å². The van der Waals surface area contributed by atoms with Gasteiger partial charge in [-0.15, -0.1) is 6.58 Å². The van der Waals surface area contributed by atoms with Crippen LogP contribution >= 0.6 is 0 Å². The number of nitriles is 1. The van der Waals surface area contributed by atoms with E-state index in [9.17, 15) is 0 Å². The molecule has 29 heavy (non-hydrogen) atoms. The van der Waals surface area contributed by atoms with E-state index in [1.807, 2.05) is 48.5 Å². The third kappa shape index (κ3) is 6.16. The van der Waals surface area contributed by atoms with Crippen LogP contribution in [0.25, 0.3) is 11.1 Å². The van der Waals surface area contributed by atoms with Gasteiger partial charge in [0.05, 0.1) is 56.7 Å². The van der Waals surface area contributed by atoms with Crippen molar-refractivity contribution in [1.29, 1.82) is 5.26 Å². The fourth-order valence-electron chi connectivity index (χ4n) is 3.08. The van der Waals surface area contributed by atoms with Crippen LogP contribution in [0.4, 0.5) is 0 Å². The Morgan fingerprint density at radius 3 is 2.21 bits per heavy atom. The summed E-state index contributed by atoms with van der Waals surface area (Å²) >= 11 is 0. The molecule has 0 aromatic heterocycles. The third-order valence-electron chi connectivity index (χ3n) is 4.77. The largest absolute Gasteiger partial charge is 0.494 e. The lowest BCUT2D eigenvalue weighted by atomic mass is 9.88. The first-order chi connectivity index (χ1) is 14.2. The molecule has 2 aromatic rings. The van der Waals surface area contributed by atoms with E-state index < -0.39 is 0 Å². The molecule has 0 spiro atoms. The van der Waals surface area contributed by atoms with Gasteiger partial charge in [0.15, 0.2) is 0 Å². The maximum absolute atomic E-state index is 8.88. The average Bonchev–Trinajstić information content (AvgIpc) is 2.74. The molecule has 5 heteroatoms. The molecule has 2 aromatic carbocycles. The Labute approximate surface area is 172 Å². The standard InChI is InChI=1S/C24H27NO4/c1-2-12-26-16-24(18-28-19-24)17-27-13-3-14-29-23-10-8-22(9-11-23)21-6-4-20(15-25)5-7-21/h2,4-11H,1,3,12-14,16-19H2. The van der Waals surface area contributed by atoms with Crippen molar-refractivity contribution in [3.05, 3.63) is 66.7 Å². The summed E-state index contributed by atoms with van der Waals surface area (Å²) in [6.07, 6.45) is 2.57. The summed E-state index contributed by atoms with van der Waals surface area (Å²) in [7, 11) is 0. The molecule has 0 aliphatic carbocycles. The zero-order valence-electron chi connectivity index (χ0n) is 16.6. The lowest BCUT2D eigenvalue weighted by Gasteiger charge is -2.40. The normalized spacial score (nSPS) is 14.6. The minimum absolute atomic E-state index is 0.00879. The van der Waals surface area contributed by atoms with Crippen molar-refractivity contribution in [1.82, 2.24) is 0 Å². The molecule has 0 N–H and O–H groups in total. The lowest BCUT2D eigenvalue weighted by Crippen LogP contribution is -2.49. The summed E-state index contributed by atoms with van der Waals surface area (Å²) in [5.41, 5.74) is 2.83. The molecule has 1 aliphatic heterocycles. The van der Waals surface area contributed by atoms with Crippen molar-refractivity contribution >= 4 is 0 Å². The molecule has 1 aliphatic rings. The van der Waals surface area contributed by atoms with Crippen LogP contribution in [0, 0.1) is 16.7 Å². The Bertz CT molecular complexity index is 804. The van der Waals surface area contributed by atoms with Crippen LogP contribution in [0.5, 0.6) is 5.75 Å². The first-order valence-corrected chi connectivity index (χ1v) is 9.82. The van der Waals surface area contributed by atoms with Gasteiger partial charge in [0, 0.05) is 13.0 Å². The zero-order valence-corrected chi connectivity index (χ0v) is 16.6. The van der Waals surface area contributed by atoms with Crippen LogP contribution in [0.1, 0.15) is 12.0 Å². The molecule has 1 saturated heterocycles.